The Bertz CT molecular complexity index is 415. The Morgan fingerprint density at radius 2 is 2.00 bits per heavy atom. The van der Waals surface area contributed by atoms with E-state index in [0.29, 0.717) is 18.7 Å². The Balaban J connectivity index is 0.00000289. The molecule has 0 aliphatic carbocycles. The van der Waals surface area contributed by atoms with Crippen molar-refractivity contribution in [1.82, 2.24) is 10.6 Å². The van der Waals surface area contributed by atoms with Gasteiger partial charge < -0.3 is 16.4 Å². The number of rotatable bonds is 5. The highest BCUT2D eigenvalue weighted by Gasteiger charge is 2.07. The largest absolute Gasteiger partial charge is 0.353 e. The molecular formula is C11H15BrClN3O2. The Labute approximate surface area is 120 Å². The van der Waals surface area contributed by atoms with Crippen LogP contribution >= 0.6 is 28.3 Å². The Hall–Kier alpha value is -1.11. The lowest BCUT2D eigenvalue weighted by Crippen LogP contribution is -2.38. The lowest BCUT2D eigenvalue weighted by atomic mass is 10.2. The highest BCUT2D eigenvalue weighted by atomic mass is 79.9. The van der Waals surface area contributed by atoms with Crippen molar-refractivity contribution in [2.45, 2.75) is 0 Å². The number of nitrogens with one attached hydrogen (secondary N) is 2. The summed E-state index contributed by atoms with van der Waals surface area (Å²) in [4.78, 5) is 22.9. The molecule has 0 aliphatic rings. The van der Waals surface area contributed by atoms with Gasteiger partial charge in [0.1, 0.15) is 0 Å². The molecule has 0 aliphatic heterocycles. The molecule has 0 unspecified atom stereocenters. The maximum Gasteiger partial charge on any atom is 0.251 e. The number of amides is 2. The van der Waals surface area contributed by atoms with Crippen molar-refractivity contribution in [3.63, 3.8) is 0 Å². The molecule has 2 amide bonds. The van der Waals surface area contributed by atoms with Crippen LogP contribution in [0.1, 0.15) is 10.4 Å². The first-order valence-corrected chi connectivity index (χ1v) is 5.93. The van der Waals surface area contributed by atoms with Gasteiger partial charge in [-0.15, -0.1) is 12.4 Å². The number of benzene rings is 1. The number of hydrogen-bond acceptors (Lipinski definition) is 3. The molecule has 100 valence electrons. The standard InChI is InChI=1S/C11H14BrN3O2.ClH/c12-9-3-1-2-8(6-9)11(17)15-7-10(16)14-5-4-13;/h1-3,6H,4-5,7,13H2,(H,14,16)(H,15,17);1H. The monoisotopic (exact) mass is 335 g/mol. The van der Waals surface area contributed by atoms with Gasteiger partial charge in [0, 0.05) is 23.1 Å². The van der Waals surface area contributed by atoms with Gasteiger partial charge in [-0.25, -0.2) is 0 Å². The van der Waals surface area contributed by atoms with Crippen LogP contribution < -0.4 is 16.4 Å². The summed E-state index contributed by atoms with van der Waals surface area (Å²) in [5.41, 5.74) is 5.74. The zero-order valence-corrected chi connectivity index (χ0v) is 12.0. The second-order valence-corrected chi connectivity index (χ2v) is 4.25. The molecule has 1 aromatic rings. The van der Waals surface area contributed by atoms with Gasteiger partial charge in [0.05, 0.1) is 6.54 Å². The lowest BCUT2D eigenvalue weighted by Gasteiger charge is -2.06. The molecule has 0 radical (unpaired) electrons. The zero-order valence-electron chi connectivity index (χ0n) is 9.61. The van der Waals surface area contributed by atoms with E-state index in [1.165, 1.54) is 0 Å². The predicted molar refractivity (Wildman–Crippen MR) is 75.8 cm³/mol. The van der Waals surface area contributed by atoms with E-state index in [1.54, 1.807) is 18.2 Å². The molecule has 7 heteroatoms. The van der Waals surface area contributed by atoms with Crippen LogP contribution in [0.4, 0.5) is 0 Å². The van der Waals surface area contributed by atoms with Gasteiger partial charge in [-0.05, 0) is 18.2 Å². The molecule has 1 aromatic carbocycles. The SMILES string of the molecule is Cl.NCCNC(=O)CNC(=O)c1cccc(Br)c1. The number of nitrogens with two attached hydrogens (primary N) is 1. The second kappa shape index (κ2) is 8.91. The van der Waals surface area contributed by atoms with Crippen molar-refractivity contribution in [1.29, 1.82) is 0 Å². The fraction of sp³-hybridized carbons (Fsp3) is 0.273. The summed E-state index contributed by atoms with van der Waals surface area (Å²) in [6.07, 6.45) is 0. The topological polar surface area (TPSA) is 84.2 Å². The minimum Gasteiger partial charge on any atom is -0.353 e. The molecule has 4 N–H and O–H groups in total. The molecule has 0 spiro atoms. The summed E-state index contributed by atoms with van der Waals surface area (Å²) >= 11 is 3.27. The normalized spacial score (nSPS) is 9.22. The third-order valence-corrected chi connectivity index (χ3v) is 2.46. The minimum absolute atomic E-state index is 0. The Kier molecular flexibility index (Phi) is 8.36. The first kappa shape index (κ1) is 16.9. The lowest BCUT2D eigenvalue weighted by molar-refractivity contribution is -0.120. The third kappa shape index (κ3) is 6.00. The molecular weight excluding hydrogens is 321 g/mol. The van der Waals surface area contributed by atoms with E-state index in [0.717, 1.165) is 4.47 Å². The summed E-state index contributed by atoms with van der Waals surface area (Å²) < 4.78 is 0.817. The number of carbonyl (C=O) groups is 2. The van der Waals surface area contributed by atoms with Crippen molar-refractivity contribution in [2.75, 3.05) is 19.6 Å². The minimum atomic E-state index is -0.283. The molecule has 5 nitrogen and oxygen atoms in total. The van der Waals surface area contributed by atoms with Crippen LogP contribution in [0.2, 0.25) is 0 Å². The Morgan fingerprint density at radius 3 is 2.61 bits per heavy atom. The van der Waals surface area contributed by atoms with Gasteiger partial charge >= 0.3 is 0 Å². The molecule has 0 aromatic heterocycles. The number of halogens is 2. The van der Waals surface area contributed by atoms with E-state index < -0.39 is 0 Å². The van der Waals surface area contributed by atoms with Crippen LogP contribution in [0.3, 0.4) is 0 Å². The molecule has 0 bridgehead atoms. The Morgan fingerprint density at radius 1 is 1.28 bits per heavy atom. The molecule has 0 saturated carbocycles. The van der Waals surface area contributed by atoms with Crippen molar-refractivity contribution in [3.05, 3.63) is 34.3 Å². The van der Waals surface area contributed by atoms with E-state index in [2.05, 4.69) is 26.6 Å². The smallest absolute Gasteiger partial charge is 0.251 e. The van der Waals surface area contributed by atoms with Crippen molar-refractivity contribution < 1.29 is 9.59 Å². The maximum atomic E-state index is 11.6. The molecule has 1 rings (SSSR count). The van der Waals surface area contributed by atoms with Crippen LogP contribution in [-0.2, 0) is 4.79 Å². The quantitative estimate of drug-likeness (QED) is 0.739. The first-order chi connectivity index (χ1) is 8.13. The van der Waals surface area contributed by atoms with Crippen molar-refractivity contribution in [3.8, 4) is 0 Å². The number of carbonyl (C=O) groups excluding carboxylic acids is 2. The van der Waals surface area contributed by atoms with Gasteiger partial charge in [0.15, 0.2) is 0 Å². The van der Waals surface area contributed by atoms with Crippen LogP contribution in [0, 0.1) is 0 Å². The van der Waals surface area contributed by atoms with Crippen LogP contribution in [0.25, 0.3) is 0 Å². The summed E-state index contributed by atoms with van der Waals surface area (Å²) in [6, 6.07) is 6.95. The fourth-order valence-electron chi connectivity index (χ4n) is 1.17. The van der Waals surface area contributed by atoms with E-state index >= 15 is 0 Å². The van der Waals surface area contributed by atoms with Gasteiger partial charge in [0.2, 0.25) is 5.91 Å². The van der Waals surface area contributed by atoms with Crippen molar-refractivity contribution in [2.24, 2.45) is 5.73 Å². The second-order valence-electron chi connectivity index (χ2n) is 3.33. The summed E-state index contributed by atoms with van der Waals surface area (Å²) in [5.74, 6) is -0.534. The van der Waals surface area contributed by atoms with Crippen molar-refractivity contribution >= 4 is 40.2 Å². The molecule has 0 heterocycles. The average Bonchev–Trinajstić information content (AvgIpc) is 2.33. The van der Waals surface area contributed by atoms with E-state index in [9.17, 15) is 9.59 Å². The third-order valence-electron chi connectivity index (χ3n) is 1.96. The van der Waals surface area contributed by atoms with Gasteiger partial charge in [-0.3, -0.25) is 9.59 Å². The van der Waals surface area contributed by atoms with Gasteiger partial charge in [-0.1, -0.05) is 22.0 Å². The van der Waals surface area contributed by atoms with Crippen LogP contribution in [0.5, 0.6) is 0 Å². The number of hydrogen-bond donors (Lipinski definition) is 3. The van der Waals surface area contributed by atoms with Gasteiger partial charge in [0.25, 0.3) is 5.91 Å². The van der Waals surface area contributed by atoms with E-state index in [-0.39, 0.29) is 30.8 Å². The fourth-order valence-corrected chi connectivity index (χ4v) is 1.57. The van der Waals surface area contributed by atoms with Crippen LogP contribution in [-0.4, -0.2) is 31.4 Å². The maximum absolute atomic E-state index is 11.6. The predicted octanol–water partition coefficient (Wildman–Crippen LogP) is 0.676. The van der Waals surface area contributed by atoms with E-state index in [1.807, 2.05) is 6.07 Å². The average molecular weight is 337 g/mol. The molecule has 18 heavy (non-hydrogen) atoms. The first-order valence-electron chi connectivity index (χ1n) is 5.14. The molecule has 0 fully saturated rings. The summed E-state index contributed by atoms with van der Waals surface area (Å²) in [7, 11) is 0. The van der Waals surface area contributed by atoms with E-state index in [4.69, 9.17) is 5.73 Å². The molecule has 0 saturated heterocycles. The highest BCUT2D eigenvalue weighted by Crippen LogP contribution is 2.11. The summed E-state index contributed by atoms with van der Waals surface area (Å²) in [6.45, 7) is 0.738. The molecule has 0 atom stereocenters. The summed E-state index contributed by atoms with van der Waals surface area (Å²) in [5, 5.41) is 5.08. The van der Waals surface area contributed by atoms with Crippen LogP contribution in [0.15, 0.2) is 28.7 Å². The highest BCUT2D eigenvalue weighted by molar-refractivity contribution is 9.10. The van der Waals surface area contributed by atoms with Gasteiger partial charge in [-0.2, -0.15) is 0 Å². The zero-order chi connectivity index (χ0) is 12.7.